The molecule has 0 amide bonds. The van der Waals surface area contributed by atoms with Crippen molar-refractivity contribution >= 4 is 8.58 Å². The quantitative estimate of drug-likeness (QED) is 0.489. The molecule has 1 saturated carbocycles. The van der Waals surface area contributed by atoms with Crippen molar-refractivity contribution in [1.82, 2.24) is 0 Å². The van der Waals surface area contributed by atoms with E-state index < -0.39 is 0 Å². The van der Waals surface area contributed by atoms with Crippen LogP contribution in [0.1, 0.15) is 44.9 Å². The first-order chi connectivity index (χ1) is 5.41. The average molecular weight is 170 g/mol. The van der Waals surface area contributed by atoms with Gasteiger partial charge < -0.3 is 0 Å². The summed E-state index contributed by atoms with van der Waals surface area (Å²) in [6.45, 7) is 0. The predicted molar refractivity (Wildman–Crippen MR) is 52.8 cm³/mol. The minimum absolute atomic E-state index is 0.865. The summed E-state index contributed by atoms with van der Waals surface area (Å²) in [4.78, 5) is 0. The Labute approximate surface area is 71.9 Å². The second-order valence-electron chi connectivity index (χ2n) is 4.31. The Bertz CT molecular complexity index is 99.3. The standard InChI is InChI=1S/C10H19P/c1-2-4-10(5-3-1)6-8-11-9-7-10/h11H,1-9H2. The summed E-state index contributed by atoms with van der Waals surface area (Å²) >= 11 is 0. The second kappa shape index (κ2) is 3.44. The van der Waals surface area contributed by atoms with E-state index in [-0.39, 0.29) is 0 Å². The Balaban J connectivity index is 1.94. The van der Waals surface area contributed by atoms with Gasteiger partial charge in [0.05, 0.1) is 0 Å². The van der Waals surface area contributed by atoms with Crippen LogP contribution < -0.4 is 0 Å². The predicted octanol–water partition coefficient (Wildman–Crippen LogP) is 3.41. The van der Waals surface area contributed by atoms with E-state index in [1.807, 2.05) is 0 Å². The van der Waals surface area contributed by atoms with Gasteiger partial charge in [-0.1, -0.05) is 19.3 Å². The van der Waals surface area contributed by atoms with Gasteiger partial charge in [-0.25, -0.2) is 0 Å². The first-order valence-electron chi connectivity index (χ1n) is 5.12. The molecule has 1 aliphatic heterocycles. The van der Waals surface area contributed by atoms with Crippen LogP contribution >= 0.6 is 8.58 Å². The number of hydrogen-bond donors (Lipinski definition) is 0. The molecule has 0 aromatic carbocycles. The molecular weight excluding hydrogens is 151 g/mol. The van der Waals surface area contributed by atoms with Gasteiger partial charge in [-0.15, -0.1) is 8.58 Å². The minimum Gasteiger partial charge on any atom is -0.122 e. The maximum absolute atomic E-state index is 1.57. The molecule has 2 fully saturated rings. The minimum atomic E-state index is 0.865. The van der Waals surface area contributed by atoms with Gasteiger partial charge in [0.15, 0.2) is 0 Å². The van der Waals surface area contributed by atoms with E-state index in [0.717, 1.165) is 5.41 Å². The lowest BCUT2D eigenvalue weighted by Crippen LogP contribution is -2.27. The zero-order valence-electron chi connectivity index (χ0n) is 7.36. The van der Waals surface area contributed by atoms with E-state index in [4.69, 9.17) is 0 Å². The molecule has 0 nitrogen and oxygen atoms in total. The smallest absolute Gasteiger partial charge is 0.0291 e. The van der Waals surface area contributed by atoms with Crippen molar-refractivity contribution < 1.29 is 0 Å². The highest BCUT2D eigenvalue weighted by Crippen LogP contribution is 2.47. The third-order valence-electron chi connectivity index (χ3n) is 3.58. The van der Waals surface area contributed by atoms with Gasteiger partial charge >= 0.3 is 0 Å². The Morgan fingerprint density at radius 2 is 1.36 bits per heavy atom. The van der Waals surface area contributed by atoms with Gasteiger partial charge in [0, 0.05) is 0 Å². The second-order valence-corrected chi connectivity index (χ2v) is 5.81. The van der Waals surface area contributed by atoms with Crippen molar-refractivity contribution in [3.05, 3.63) is 0 Å². The number of rotatable bonds is 0. The third-order valence-corrected chi connectivity index (χ3v) is 4.79. The van der Waals surface area contributed by atoms with Crippen LogP contribution in [0.15, 0.2) is 0 Å². The van der Waals surface area contributed by atoms with Crippen molar-refractivity contribution in [3.8, 4) is 0 Å². The van der Waals surface area contributed by atoms with E-state index in [9.17, 15) is 0 Å². The van der Waals surface area contributed by atoms with Crippen LogP contribution in [0.4, 0.5) is 0 Å². The summed E-state index contributed by atoms with van der Waals surface area (Å²) in [5.74, 6) is 0. The zero-order chi connectivity index (χ0) is 7.57. The first kappa shape index (κ1) is 8.05. The third kappa shape index (κ3) is 1.78. The molecule has 1 heteroatoms. The van der Waals surface area contributed by atoms with Gasteiger partial charge in [0.25, 0.3) is 0 Å². The molecule has 0 unspecified atom stereocenters. The van der Waals surface area contributed by atoms with E-state index in [0.29, 0.717) is 0 Å². The average Bonchev–Trinajstić information content (AvgIpc) is 2.07. The van der Waals surface area contributed by atoms with Crippen molar-refractivity contribution in [3.63, 3.8) is 0 Å². The van der Waals surface area contributed by atoms with Crippen LogP contribution in [0.2, 0.25) is 0 Å². The molecule has 0 N–H and O–H groups in total. The van der Waals surface area contributed by atoms with Gasteiger partial charge in [-0.3, -0.25) is 0 Å². The lowest BCUT2D eigenvalue weighted by Gasteiger charge is -2.40. The molecule has 2 rings (SSSR count). The largest absolute Gasteiger partial charge is 0.122 e. The van der Waals surface area contributed by atoms with Gasteiger partial charge in [-0.2, -0.15) is 0 Å². The van der Waals surface area contributed by atoms with Crippen molar-refractivity contribution in [2.45, 2.75) is 44.9 Å². The summed E-state index contributed by atoms with van der Waals surface area (Å²) in [5, 5.41) is 0. The maximum Gasteiger partial charge on any atom is -0.0291 e. The molecule has 1 spiro atoms. The summed E-state index contributed by atoms with van der Waals surface area (Å²) < 4.78 is 0. The fourth-order valence-corrected chi connectivity index (χ4v) is 4.42. The van der Waals surface area contributed by atoms with Crippen molar-refractivity contribution in [2.24, 2.45) is 5.41 Å². The van der Waals surface area contributed by atoms with Crippen LogP contribution in [-0.2, 0) is 0 Å². The van der Waals surface area contributed by atoms with E-state index in [2.05, 4.69) is 0 Å². The van der Waals surface area contributed by atoms with Crippen LogP contribution in [0, 0.1) is 5.41 Å². The highest BCUT2D eigenvalue weighted by molar-refractivity contribution is 7.38. The Morgan fingerprint density at radius 1 is 0.727 bits per heavy atom. The van der Waals surface area contributed by atoms with Gasteiger partial charge in [0.2, 0.25) is 0 Å². The number of hydrogen-bond acceptors (Lipinski definition) is 0. The lowest BCUT2D eigenvalue weighted by atomic mass is 9.70. The Morgan fingerprint density at radius 3 is 2.00 bits per heavy atom. The fraction of sp³-hybridized carbons (Fsp3) is 1.00. The lowest BCUT2D eigenvalue weighted by molar-refractivity contribution is 0.171. The van der Waals surface area contributed by atoms with E-state index in [1.54, 1.807) is 38.0 Å². The highest BCUT2D eigenvalue weighted by Gasteiger charge is 2.32. The molecule has 64 valence electrons. The summed E-state index contributed by atoms with van der Waals surface area (Å²) in [5.41, 5.74) is 0.865. The Hall–Kier alpha value is 0.430. The van der Waals surface area contributed by atoms with E-state index >= 15 is 0 Å². The summed E-state index contributed by atoms with van der Waals surface area (Å²) in [6, 6.07) is 0. The van der Waals surface area contributed by atoms with Gasteiger partial charge in [0.1, 0.15) is 0 Å². The molecule has 0 aromatic rings. The maximum atomic E-state index is 1.57. The summed E-state index contributed by atoms with van der Waals surface area (Å²) in [6.07, 6.45) is 14.0. The SMILES string of the molecule is C1CCC2(CC1)CCPCC2. The topological polar surface area (TPSA) is 0 Å². The fourth-order valence-electron chi connectivity index (χ4n) is 2.76. The van der Waals surface area contributed by atoms with Crippen LogP contribution in [0.5, 0.6) is 0 Å². The molecule has 0 radical (unpaired) electrons. The van der Waals surface area contributed by atoms with E-state index in [1.165, 1.54) is 27.8 Å². The molecule has 0 aromatic heterocycles. The molecule has 1 aliphatic carbocycles. The van der Waals surface area contributed by atoms with Crippen molar-refractivity contribution in [1.29, 1.82) is 0 Å². The van der Waals surface area contributed by atoms with Gasteiger partial charge in [-0.05, 0) is 43.4 Å². The normalized spacial score (nSPS) is 30.5. The van der Waals surface area contributed by atoms with Crippen LogP contribution in [-0.4, -0.2) is 12.3 Å². The molecule has 0 bridgehead atoms. The van der Waals surface area contributed by atoms with Crippen LogP contribution in [0.25, 0.3) is 0 Å². The Kier molecular flexibility index (Phi) is 2.51. The monoisotopic (exact) mass is 170 g/mol. The molecule has 2 aliphatic rings. The van der Waals surface area contributed by atoms with Crippen molar-refractivity contribution in [2.75, 3.05) is 12.3 Å². The molecular formula is C10H19P. The highest BCUT2D eigenvalue weighted by atomic mass is 31.1. The van der Waals surface area contributed by atoms with Crippen LogP contribution in [0.3, 0.4) is 0 Å². The molecule has 1 saturated heterocycles. The summed E-state index contributed by atoms with van der Waals surface area (Å²) in [7, 11) is 1.30. The molecule has 0 atom stereocenters. The molecule has 1 heterocycles. The molecule has 11 heavy (non-hydrogen) atoms. The first-order valence-corrected chi connectivity index (χ1v) is 6.54. The zero-order valence-corrected chi connectivity index (χ0v) is 8.36.